The van der Waals surface area contributed by atoms with E-state index in [1.165, 1.54) is 26.4 Å². The van der Waals surface area contributed by atoms with Gasteiger partial charge in [0.1, 0.15) is 16.4 Å². The molecule has 2 aromatic carbocycles. The fraction of sp³-hybridized carbons (Fsp3) is 0.250. The summed E-state index contributed by atoms with van der Waals surface area (Å²) in [5.41, 5.74) is 2.49. The van der Waals surface area contributed by atoms with Crippen LogP contribution in [-0.2, 0) is 10.0 Å². The third kappa shape index (κ3) is 3.51. The highest BCUT2D eigenvalue weighted by atomic mass is 32.2. The average Bonchev–Trinajstić information content (AvgIpc) is 2.44. The van der Waals surface area contributed by atoms with Gasteiger partial charge in [0.2, 0.25) is 0 Å². The summed E-state index contributed by atoms with van der Waals surface area (Å²) >= 11 is 0. The quantitative estimate of drug-likeness (QED) is 0.919. The number of benzene rings is 2. The summed E-state index contributed by atoms with van der Waals surface area (Å²) in [6.07, 6.45) is 0. The zero-order valence-electron chi connectivity index (χ0n) is 13.0. The summed E-state index contributed by atoms with van der Waals surface area (Å²) in [5.74, 6) is 0.762. The van der Waals surface area contributed by atoms with Crippen molar-refractivity contribution in [2.24, 2.45) is 0 Å². The summed E-state index contributed by atoms with van der Waals surface area (Å²) < 4.78 is 38.0. The van der Waals surface area contributed by atoms with E-state index in [1.807, 2.05) is 19.9 Å². The Bertz CT molecular complexity index is 764. The Hall–Kier alpha value is -2.21. The molecule has 0 radical (unpaired) electrons. The molecule has 0 aromatic heterocycles. The Labute approximate surface area is 130 Å². The predicted molar refractivity (Wildman–Crippen MR) is 86.3 cm³/mol. The van der Waals surface area contributed by atoms with E-state index >= 15 is 0 Å². The molecule has 2 aromatic rings. The molecule has 5 nitrogen and oxygen atoms in total. The van der Waals surface area contributed by atoms with Gasteiger partial charge in [-0.25, -0.2) is 8.42 Å². The van der Waals surface area contributed by atoms with Crippen molar-refractivity contribution in [2.75, 3.05) is 18.9 Å². The maximum absolute atomic E-state index is 12.6. The van der Waals surface area contributed by atoms with Gasteiger partial charge in [0, 0.05) is 11.8 Å². The molecule has 0 aliphatic carbocycles. The first kappa shape index (κ1) is 16.2. The van der Waals surface area contributed by atoms with Crippen LogP contribution in [0.1, 0.15) is 11.1 Å². The van der Waals surface area contributed by atoms with Gasteiger partial charge >= 0.3 is 0 Å². The van der Waals surface area contributed by atoms with Crippen LogP contribution >= 0.6 is 0 Å². The number of rotatable bonds is 5. The largest absolute Gasteiger partial charge is 0.497 e. The van der Waals surface area contributed by atoms with Gasteiger partial charge in [-0.05, 0) is 49.2 Å². The smallest absolute Gasteiger partial charge is 0.265 e. The molecule has 0 fully saturated rings. The highest BCUT2D eigenvalue weighted by Gasteiger charge is 2.20. The standard InChI is InChI=1S/C16H19NO4S/c1-11-7-12(2)9-13(8-11)17-22(18,19)16-6-5-14(20-3)10-15(16)21-4/h5-10,17H,1-4H3. The molecule has 0 atom stereocenters. The molecule has 0 aliphatic heterocycles. The Morgan fingerprint density at radius 3 is 2.09 bits per heavy atom. The predicted octanol–water partition coefficient (Wildman–Crippen LogP) is 3.12. The summed E-state index contributed by atoms with van der Waals surface area (Å²) in [5, 5.41) is 0. The minimum Gasteiger partial charge on any atom is -0.497 e. The summed E-state index contributed by atoms with van der Waals surface area (Å²) in [6.45, 7) is 3.83. The number of methoxy groups -OCH3 is 2. The van der Waals surface area contributed by atoms with Crippen molar-refractivity contribution in [3.8, 4) is 11.5 Å². The Morgan fingerprint density at radius 2 is 1.55 bits per heavy atom. The second kappa shape index (κ2) is 6.27. The molecule has 0 saturated heterocycles. The molecule has 0 saturated carbocycles. The van der Waals surface area contributed by atoms with Gasteiger partial charge in [-0.15, -0.1) is 0 Å². The summed E-state index contributed by atoms with van der Waals surface area (Å²) in [4.78, 5) is 0.0648. The molecule has 22 heavy (non-hydrogen) atoms. The number of hydrogen-bond donors (Lipinski definition) is 1. The van der Waals surface area contributed by atoms with E-state index in [1.54, 1.807) is 18.2 Å². The van der Waals surface area contributed by atoms with Crippen LogP contribution < -0.4 is 14.2 Å². The fourth-order valence-electron chi connectivity index (χ4n) is 2.24. The van der Waals surface area contributed by atoms with E-state index in [2.05, 4.69) is 4.72 Å². The molecule has 2 rings (SSSR count). The molecule has 0 spiro atoms. The highest BCUT2D eigenvalue weighted by molar-refractivity contribution is 7.92. The topological polar surface area (TPSA) is 64.6 Å². The van der Waals surface area contributed by atoms with E-state index in [4.69, 9.17) is 9.47 Å². The van der Waals surface area contributed by atoms with Crippen molar-refractivity contribution in [3.63, 3.8) is 0 Å². The number of ether oxygens (including phenoxy) is 2. The van der Waals surface area contributed by atoms with Crippen LogP contribution in [0.3, 0.4) is 0 Å². The second-order valence-electron chi connectivity index (χ2n) is 5.00. The number of anilines is 1. The molecule has 0 unspecified atom stereocenters. The van der Waals surface area contributed by atoms with Crippen molar-refractivity contribution < 1.29 is 17.9 Å². The van der Waals surface area contributed by atoms with E-state index in [-0.39, 0.29) is 10.6 Å². The van der Waals surface area contributed by atoms with E-state index in [9.17, 15) is 8.42 Å². The van der Waals surface area contributed by atoms with Crippen molar-refractivity contribution >= 4 is 15.7 Å². The number of aryl methyl sites for hydroxylation is 2. The Balaban J connectivity index is 2.42. The minimum atomic E-state index is -3.75. The highest BCUT2D eigenvalue weighted by Crippen LogP contribution is 2.30. The van der Waals surface area contributed by atoms with Crippen LogP contribution in [0.5, 0.6) is 11.5 Å². The van der Waals surface area contributed by atoms with Crippen LogP contribution in [0, 0.1) is 13.8 Å². The Kier molecular flexibility index (Phi) is 4.61. The lowest BCUT2D eigenvalue weighted by atomic mass is 10.1. The lowest BCUT2D eigenvalue weighted by Gasteiger charge is -2.13. The molecule has 0 bridgehead atoms. The molecule has 1 N–H and O–H groups in total. The lowest BCUT2D eigenvalue weighted by Crippen LogP contribution is -2.14. The molecule has 0 amide bonds. The fourth-order valence-corrected chi connectivity index (χ4v) is 3.43. The van der Waals surface area contributed by atoms with Gasteiger partial charge < -0.3 is 9.47 Å². The lowest BCUT2D eigenvalue weighted by molar-refractivity contribution is 0.386. The van der Waals surface area contributed by atoms with Crippen molar-refractivity contribution in [1.29, 1.82) is 0 Å². The maximum atomic E-state index is 12.6. The van der Waals surface area contributed by atoms with E-state index < -0.39 is 10.0 Å². The monoisotopic (exact) mass is 321 g/mol. The van der Waals surface area contributed by atoms with Gasteiger partial charge in [0.15, 0.2) is 0 Å². The maximum Gasteiger partial charge on any atom is 0.265 e. The molecule has 6 heteroatoms. The zero-order valence-corrected chi connectivity index (χ0v) is 13.8. The normalized spacial score (nSPS) is 11.1. The van der Waals surface area contributed by atoms with Gasteiger partial charge in [-0.3, -0.25) is 4.72 Å². The van der Waals surface area contributed by atoms with E-state index in [0.29, 0.717) is 11.4 Å². The van der Waals surface area contributed by atoms with Crippen molar-refractivity contribution in [2.45, 2.75) is 18.7 Å². The minimum absolute atomic E-state index is 0.0648. The van der Waals surface area contributed by atoms with Crippen LogP contribution in [-0.4, -0.2) is 22.6 Å². The Morgan fingerprint density at radius 1 is 0.909 bits per heavy atom. The molecular weight excluding hydrogens is 302 g/mol. The number of sulfonamides is 1. The van der Waals surface area contributed by atoms with Crippen molar-refractivity contribution in [1.82, 2.24) is 0 Å². The van der Waals surface area contributed by atoms with Gasteiger partial charge in [-0.2, -0.15) is 0 Å². The van der Waals surface area contributed by atoms with Crippen LogP contribution in [0.4, 0.5) is 5.69 Å². The summed E-state index contributed by atoms with van der Waals surface area (Å²) in [6, 6.07) is 10.1. The third-order valence-corrected chi connectivity index (χ3v) is 4.55. The molecular formula is C16H19NO4S. The molecule has 0 heterocycles. The molecule has 0 aliphatic rings. The average molecular weight is 321 g/mol. The van der Waals surface area contributed by atoms with Crippen molar-refractivity contribution in [3.05, 3.63) is 47.5 Å². The van der Waals surface area contributed by atoms with Crippen LogP contribution in [0.2, 0.25) is 0 Å². The first-order chi connectivity index (χ1) is 10.4. The van der Waals surface area contributed by atoms with Crippen LogP contribution in [0.15, 0.2) is 41.3 Å². The summed E-state index contributed by atoms with van der Waals surface area (Å²) in [7, 11) is -0.813. The zero-order chi connectivity index (χ0) is 16.3. The van der Waals surface area contributed by atoms with Crippen LogP contribution in [0.25, 0.3) is 0 Å². The first-order valence-corrected chi connectivity index (χ1v) is 8.17. The van der Waals surface area contributed by atoms with E-state index in [0.717, 1.165) is 11.1 Å². The molecule has 118 valence electrons. The SMILES string of the molecule is COc1ccc(S(=O)(=O)Nc2cc(C)cc(C)c2)c(OC)c1. The number of nitrogens with one attached hydrogen (secondary N) is 1. The third-order valence-electron chi connectivity index (χ3n) is 3.13. The van der Waals surface area contributed by atoms with Gasteiger partial charge in [0.05, 0.1) is 14.2 Å². The first-order valence-electron chi connectivity index (χ1n) is 6.69. The second-order valence-corrected chi connectivity index (χ2v) is 6.65. The number of hydrogen-bond acceptors (Lipinski definition) is 4. The van der Waals surface area contributed by atoms with Gasteiger partial charge in [-0.1, -0.05) is 6.07 Å². The van der Waals surface area contributed by atoms with Gasteiger partial charge in [0.25, 0.3) is 10.0 Å².